The molecule has 0 aromatic heterocycles. The molecular weight excluding hydrogens is 394 g/mol. The number of Topliss-reactive ketones (excluding diaryl/α,β-unsaturated/α-hetero) is 2. The lowest BCUT2D eigenvalue weighted by molar-refractivity contribution is -0.147. The fourth-order valence-electron chi connectivity index (χ4n) is 6.01. The van der Waals surface area contributed by atoms with Crippen molar-refractivity contribution in [3.05, 3.63) is 71.3 Å². The van der Waals surface area contributed by atoms with Gasteiger partial charge in [-0.1, -0.05) is 67.4 Å². The van der Waals surface area contributed by atoms with Crippen LogP contribution in [0.5, 0.6) is 0 Å². The third-order valence-electron chi connectivity index (χ3n) is 7.37. The minimum atomic E-state index is -1.96. The summed E-state index contributed by atoms with van der Waals surface area (Å²) in [5, 5.41) is 0. The molecule has 2 aliphatic heterocycles. The van der Waals surface area contributed by atoms with E-state index in [-0.39, 0.29) is 23.1 Å². The molecule has 0 bridgehead atoms. The van der Waals surface area contributed by atoms with Gasteiger partial charge in [-0.25, -0.2) is 0 Å². The molecule has 0 unspecified atom stereocenters. The Hall–Kier alpha value is -3.12. The fraction of sp³-hybridized carbons (Fsp3) is 0.360. The van der Waals surface area contributed by atoms with E-state index in [1.54, 1.807) is 24.3 Å². The number of amides is 2. The minimum Gasteiger partial charge on any atom is -0.349 e. The predicted octanol–water partition coefficient (Wildman–Crippen LogP) is 3.12. The molecule has 0 N–H and O–H groups in total. The maximum atomic E-state index is 13.7. The highest BCUT2D eigenvalue weighted by Crippen LogP contribution is 2.57. The number of imide groups is 1. The monoisotopic (exact) mass is 415 g/mol. The van der Waals surface area contributed by atoms with Gasteiger partial charge >= 0.3 is 0 Å². The third-order valence-corrected chi connectivity index (χ3v) is 7.37. The van der Waals surface area contributed by atoms with Crippen LogP contribution in [0.1, 0.15) is 58.1 Å². The lowest BCUT2D eigenvalue weighted by atomic mass is 9.77. The number of ether oxygens (including phenoxy) is 1. The second-order valence-corrected chi connectivity index (χ2v) is 8.88. The molecule has 3 atom stereocenters. The van der Waals surface area contributed by atoms with E-state index in [1.165, 1.54) is 4.90 Å². The van der Waals surface area contributed by atoms with Gasteiger partial charge in [-0.05, 0) is 18.4 Å². The first-order valence-corrected chi connectivity index (χ1v) is 10.8. The highest BCUT2D eigenvalue weighted by molar-refractivity contribution is 6.35. The molecule has 4 aliphatic rings. The van der Waals surface area contributed by atoms with Gasteiger partial charge in [0, 0.05) is 17.2 Å². The molecule has 2 aliphatic carbocycles. The third kappa shape index (κ3) is 2.26. The Morgan fingerprint density at radius 1 is 0.774 bits per heavy atom. The summed E-state index contributed by atoms with van der Waals surface area (Å²) in [4.78, 5) is 55.8. The van der Waals surface area contributed by atoms with Crippen LogP contribution in [0.2, 0.25) is 0 Å². The van der Waals surface area contributed by atoms with Crippen molar-refractivity contribution in [2.75, 3.05) is 0 Å². The molecule has 1 saturated carbocycles. The van der Waals surface area contributed by atoms with Crippen LogP contribution < -0.4 is 0 Å². The van der Waals surface area contributed by atoms with E-state index in [4.69, 9.17) is 4.74 Å². The fourth-order valence-corrected chi connectivity index (χ4v) is 6.01. The van der Waals surface area contributed by atoms with Gasteiger partial charge in [-0.2, -0.15) is 0 Å². The molecule has 3 fully saturated rings. The molecular formula is C25H21NO5. The van der Waals surface area contributed by atoms with Crippen molar-refractivity contribution in [2.24, 2.45) is 11.8 Å². The molecule has 6 heteroatoms. The predicted molar refractivity (Wildman–Crippen MR) is 109 cm³/mol. The SMILES string of the molecule is O=C1[C@H]2[C@@H](c3ccccc3)OC3(C(=O)c4ccccc4C3=O)[C@H]2C(=O)N1C1CCCC1. The van der Waals surface area contributed by atoms with Crippen molar-refractivity contribution in [2.45, 2.75) is 43.4 Å². The number of fused-ring (bicyclic) bond motifs is 3. The number of carbonyl (C=O) groups excluding carboxylic acids is 4. The van der Waals surface area contributed by atoms with Gasteiger partial charge in [-0.3, -0.25) is 24.1 Å². The number of hydrogen-bond acceptors (Lipinski definition) is 5. The number of likely N-dealkylation sites (tertiary alicyclic amines) is 1. The first-order valence-electron chi connectivity index (χ1n) is 10.8. The van der Waals surface area contributed by atoms with Gasteiger partial charge in [0.2, 0.25) is 29.0 Å². The summed E-state index contributed by atoms with van der Waals surface area (Å²) in [5.41, 5.74) is -0.742. The van der Waals surface area contributed by atoms with Gasteiger partial charge in [0.1, 0.15) is 0 Å². The van der Waals surface area contributed by atoms with Gasteiger partial charge in [-0.15, -0.1) is 0 Å². The summed E-state index contributed by atoms with van der Waals surface area (Å²) in [6.45, 7) is 0. The van der Waals surface area contributed by atoms with Crippen molar-refractivity contribution in [1.82, 2.24) is 4.90 Å². The van der Waals surface area contributed by atoms with Crippen molar-refractivity contribution in [1.29, 1.82) is 0 Å². The Morgan fingerprint density at radius 3 is 1.97 bits per heavy atom. The Bertz CT molecular complexity index is 1100. The van der Waals surface area contributed by atoms with Gasteiger partial charge in [0.25, 0.3) is 0 Å². The van der Waals surface area contributed by atoms with E-state index in [2.05, 4.69) is 0 Å². The smallest absolute Gasteiger partial charge is 0.237 e. The average molecular weight is 415 g/mol. The van der Waals surface area contributed by atoms with E-state index in [0.717, 1.165) is 25.7 Å². The quantitative estimate of drug-likeness (QED) is 0.556. The van der Waals surface area contributed by atoms with Crippen molar-refractivity contribution in [3.63, 3.8) is 0 Å². The Labute approximate surface area is 179 Å². The number of ketones is 2. The maximum absolute atomic E-state index is 13.7. The number of hydrogen-bond donors (Lipinski definition) is 0. The lowest BCUT2D eigenvalue weighted by Crippen LogP contribution is -2.51. The maximum Gasteiger partial charge on any atom is 0.237 e. The highest BCUT2D eigenvalue weighted by atomic mass is 16.5. The molecule has 1 spiro atoms. The van der Waals surface area contributed by atoms with Crippen LogP contribution in [0.25, 0.3) is 0 Å². The lowest BCUT2D eigenvalue weighted by Gasteiger charge is -2.29. The number of nitrogens with zero attached hydrogens (tertiary/aromatic N) is 1. The first kappa shape index (κ1) is 18.6. The van der Waals surface area contributed by atoms with E-state index in [9.17, 15) is 19.2 Å². The van der Waals surface area contributed by atoms with Crippen LogP contribution in [0.3, 0.4) is 0 Å². The second kappa shape index (κ2) is 6.44. The van der Waals surface area contributed by atoms with Crippen LogP contribution in [0.4, 0.5) is 0 Å². The molecule has 0 radical (unpaired) electrons. The van der Waals surface area contributed by atoms with Crippen LogP contribution in [0, 0.1) is 11.8 Å². The molecule has 6 rings (SSSR count). The first-order chi connectivity index (χ1) is 15.1. The molecule has 2 saturated heterocycles. The Kier molecular flexibility index (Phi) is 3.87. The molecule has 2 aromatic carbocycles. The largest absolute Gasteiger partial charge is 0.349 e. The zero-order chi connectivity index (χ0) is 21.3. The Balaban J connectivity index is 1.53. The van der Waals surface area contributed by atoms with E-state index < -0.39 is 41.0 Å². The van der Waals surface area contributed by atoms with Gasteiger partial charge in [0.05, 0.1) is 17.9 Å². The zero-order valence-corrected chi connectivity index (χ0v) is 16.8. The van der Waals surface area contributed by atoms with Crippen molar-refractivity contribution >= 4 is 23.4 Å². The van der Waals surface area contributed by atoms with Gasteiger partial charge in [0.15, 0.2) is 0 Å². The molecule has 31 heavy (non-hydrogen) atoms. The highest BCUT2D eigenvalue weighted by Gasteiger charge is 2.75. The summed E-state index contributed by atoms with van der Waals surface area (Å²) >= 11 is 0. The number of rotatable bonds is 2. The zero-order valence-electron chi connectivity index (χ0n) is 16.8. The summed E-state index contributed by atoms with van der Waals surface area (Å²) in [6.07, 6.45) is 2.64. The second-order valence-electron chi connectivity index (χ2n) is 8.88. The van der Waals surface area contributed by atoms with Crippen LogP contribution in [0.15, 0.2) is 54.6 Å². The minimum absolute atomic E-state index is 0.159. The van der Waals surface area contributed by atoms with E-state index >= 15 is 0 Å². The molecule has 2 amide bonds. The van der Waals surface area contributed by atoms with Crippen LogP contribution in [-0.4, -0.2) is 39.9 Å². The molecule has 2 aromatic rings. The van der Waals surface area contributed by atoms with Crippen molar-refractivity contribution < 1.29 is 23.9 Å². The van der Waals surface area contributed by atoms with Crippen LogP contribution >= 0.6 is 0 Å². The van der Waals surface area contributed by atoms with E-state index in [0.29, 0.717) is 5.56 Å². The van der Waals surface area contributed by atoms with Crippen LogP contribution in [-0.2, 0) is 14.3 Å². The topological polar surface area (TPSA) is 80.8 Å². The molecule has 6 nitrogen and oxygen atoms in total. The summed E-state index contributed by atoms with van der Waals surface area (Å²) in [6, 6.07) is 15.5. The Morgan fingerprint density at radius 2 is 1.35 bits per heavy atom. The standard InChI is InChI=1S/C25H21NO5/c27-21-16-12-6-7-13-17(16)22(28)25(21)19-18(20(31-25)14-8-2-1-3-9-14)23(29)26(24(19)30)15-10-4-5-11-15/h1-3,6-9,12-13,15,18-20H,4-5,10-11H2/t18-,19-,20-/m1/s1. The average Bonchev–Trinajstić information content (AvgIpc) is 3.54. The summed E-state index contributed by atoms with van der Waals surface area (Å²) in [5.74, 6) is -3.76. The van der Waals surface area contributed by atoms with Crippen molar-refractivity contribution in [3.8, 4) is 0 Å². The summed E-state index contributed by atoms with van der Waals surface area (Å²) < 4.78 is 6.25. The summed E-state index contributed by atoms with van der Waals surface area (Å²) in [7, 11) is 0. The number of benzene rings is 2. The van der Waals surface area contributed by atoms with Gasteiger partial charge < -0.3 is 4.74 Å². The number of carbonyl (C=O) groups is 4. The molecule has 156 valence electrons. The molecule has 2 heterocycles. The van der Waals surface area contributed by atoms with E-state index in [1.807, 2.05) is 30.3 Å². The normalized spacial score (nSPS) is 29.3.